The third-order valence-electron chi connectivity index (χ3n) is 3.20. The van der Waals surface area contributed by atoms with Crippen LogP contribution in [0.4, 0.5) is 0 Å². The maximum Gasteiger partial charge on any atom is 0.306 e. The van der Waals surface area contributed by atoms with Gasteiger partial charge in [-0.1, -0.05) is 45.4 Å². The molecule has 5 nitrogen and oxygen atoms in total. The first-order chi connectivity index (χ1) is 8.57. The van der Waals surface area contributed by atoms with Crippen molar-refractivity contribution in [1.29, 1.82) is 0 Å². The Bertz CT molecular complexity index is 244. The van der Waals surface area contributed by atoms with Crippen molar-refractivity contribution >= 4 is 11.9 Å². The summed E-state index contributed by atoms with van der Waals surface area (Å²) in [5.41, 5.74) is 0. The second-order valence-corrected chi connectivity index (χ2v) is 4.88. The first-order valence-electron chi connectivity index (χ1n) is 7.02. The molecule has 5 N–H and O–H groups in total. The summed E-state index contributed by atoms with van der Waals surface area (Å²) in [6.45, 7) is 2.14. The van der Waals surface area contributed by atoms with Crippen molar-refractivity contribution in [2.45, 2.75) is 71.1 Å². The average Bonchev–Trinajstić information content (AvgIpc) is 2.30. The zero-order valence-electron chi connectivity index (χ0n) is 12.1. The van der Waals surface area contributed by atoms with Gasteiger partial charge in [-0.25, -0.2) is 0 Å². The predicted molar refractivity (Wildman–Crippen MR) is 75.6 cm³/mol. The maximum absolute atomic E-state index is 11.0. The van der Waals surface area contributed by atoms with Crippen LogP contribution in [0.1, 0.15) is 71.1 Å². The Morgan fingerprint density at radius 1 is 0.895 bits per heavy atom. The van der Waals surface area contributed by atoms with Gasteiger partial charge in [0, 0.05) is 6.42 Å². The van der Waals surface area contributed by atoms with Crippen molar-refractivity contribution in [1.82, 2.24) is 6.15 Å². The molecule has 0 aliphatic rings. The fourth-order valence-corrected chi connectivity index (χ4v) is 2.05. The van der Waals surface area contributed by atoms with Crippen molar-refractivity contribution in [3.8, 4) is 0 Å². The van der Waals surface area contributed by atoms with E-state index in [-0.39, 0.29) is 18.5 Å². The fraction of sp³-hybridized carbons (Fsp3) is 0.857. The second-order valence-electron chi connectivity index (χ2n) is 4.88. The molecule has 0 saturated carbocycles. The molecule has 0 aliphatic heterocycles. The highest BCUT2D eigenvalue weighted by atomic mass is 16.4. The number of rotatable bonds is 12. The number of unbranched alkanes of at least 4 members (excludes halogenated alkanes) is 5. The van der Waals surface area contributed by atoms with Crippen LogP contribution in [0.5, 0.6) is 0 Å². The van der Waals surface area contributed by atoms with E-state index in [1.807, 2.05) is 0 Å². The SMILES string of the molecule is CCCCCCC(CCCCCC(=O)O)C(=O)O.N. The molecule has 1 atom stereocenters. The smallest absolute Gasteiger partial charge is 0.306 e. The van der Waals surface area contributed by atoms with Crippen LogP contribution in [-0.4, -0.2) is 22.2 Å². The van der Waals surface area contributed by atoms with Crippen LogP contribution in [0.25, 0.3) is 0 Å². The van der Waals surface area contributed by atoms with Crippen LogP contribution in [0.15, 0.2) is 0 Å². The minimum absolute atomic E-state index is 0. The van der Waals surface area contributed by atoms with E-state index in [2.05, 4.69) is 6.92 Å². The zero-order chi connectivity index (χ0) is 13.8. The normalized spacial score (nSPS) is 11.6. The average molecular weight is 275 g/mol. The molecule has 0 aromatic rings. The highest BCUT2D eigenvalue weighted by molar-refractivity contribution is 5.69. The van der Waals surface area contributed by atoms with Crippen LogP contribution in [0, 0.1) is 5.92 Å². The summed E-state index contributed by atoms with van der Waals surface area (Å²) >= 11 is 0. The second kappa shape index (κ2) is 13.3. The summed E-state index contributed by atoms with van der Waals surface area (Å²) in [6, 6.07) is 0. The Morgan fingerprint density at radius 3 is 1.84 bits per heavy atom. The molecule has 0 bridgehead atoms. The van der Waals surface area contributed by atoms with Gasteiger partial charge in [0.15, 0.2) is 0 Å². The van der Waals surface area contributed by atoms with Gasteiger partial charge in [0.05, 0.1) is 5.92 Å². The first-order valence-corrected chi connectivity index (χ1v) is 7.02. The quantitative estimate of drug-likeness (QED) is 0.468. The van der Waals surface area contributed by atoms with Crippen molar-refractivity contribution < 1.29 is 19.8 Å². The third-order valence-corrected chi connectivity index (χ3v) is 3.20. The van der Waals surface area contributed by atoms with Gasteiger partial charge in [-0.15, -0.1) is 0 Å². The minimum Gasteiger partial charge on any atom is -0.481 e. The van der Waals surface area contributed by atoms with Crippen LogP contribution < -0.4 is 6.15 Å². The zero-order valence-corrected chi connectivity index (χ0v) is 12.1. The van der Waals surface area contributed by atoms with E-state index < -0.39 is 11.9 Å². The molecule has 0 saturated heterocycles. The molecule has 0 spiro atoms. The van der Waals surface area contributed by atoms with Gasteiger partial charge >= 0.3 is 11.9 Å². The van der Waals surface area contributed by atoms with Gasteiger partial charge in [0.25, 0.3) is 0 Å². The van der Waals surface area contributed by atoms with Gasteiger partial charge < -0.3 is 16.4 Å². The monoisotopic (exact) mass is 275 g/mol. The summed E-state index contributed by atoms with van der Waals surface area (Å²) < 4.78 is 0. The molecule has 0 rings (SSSR count). The van der Waals surface area contributed by atoms with Crippen LogP contribution >= 0.6 is 0 Å². The maximum atomic E-state index is 11.0. The Hall–Kier alpha value is -1.10. The van der Waals surface area contributed by atoms with Gasteiger partial charge in [0.1, 0.15) is 0 Å². The molecule has 19 heavy (non-hydrogen) atoms. The van der Waals surface area contributed by atoms with E-state index in [9.17, 15) is 9.59 Å². The van der Waals surface area contributed by atoms with E-state index in [1.54, 1.807) is 0 Å². The van der Waals surface area contributed by atoms with Gasteiger partial charge in [-0.3, -0.25) is 9.59 Å². The Labute approximate surface area is 116 Å². The lowest BCUT2D eigenvalue weighted by atomic mass is 9.94. The number of hydrogen-bond donors (Lipinski definition) is 3. The first kappa shape index (κ1) is 20.2. The molecule has 1 unspecified atom stereocenters. The summed E-state index contributed by atoms with van der Waals surface area (Å²) in [7, 11) is 0. The number of aliphatic carboxylic acids is 2. The van der Waals surface area contributed by atoms with Gasteiger partial charge in [-0.05, 0) is 19.3 Å². The molecule has 0 amide bonds. The largest absolute Gasteiger partial charge is 0.481 e. The van der Waals surface area contributed by atoms with E-state index in [0.717, 1.165) is 38.5 Å². The summed E-state index contributed by atoms with van der Waals surface area (Å²) in [4.78, 5) is 21.4. The number of hydrogen-bond acceptors (Lipinski definition) is 3. The lowest BCUT2D eigenvalue weighted by Gasteiger charge is -2.11. The lowest BCUT2D eigenvalue weighted by molar-refractivity contribution is -0.142. The summed E-state index contributed by atoms with van der Waals surface area (Å²) in [5.74, 6) is -1.72. The van der Waals surface area contributed by atoms with Crippen LogP contribution in [-0.2, 0) is 9.59 Å². The Kier molecular flexibility index (Phi) is 14.2. The predicted octanol–water partition coefficient (Wildman–Crippen LogP) is 3.85. The Balaban J connectivity index is 0. The summed E-state index contributed by atoms with van der Waals surface area (Å²) in [6.07, 6.45) is 8.33. The highest BCUT2D eigenvalue weighted by Gasteiger charge is 2.16. The highest BCUT2D eigenvalue weighted by Crippen LogP contribution is 2.18. The molecule has 114 valence electrons. The molecular weight excluding hydrogens is 246 g/mol. The minimum atomic E-state index is -0.774. The number of carbonyl (C=O) groups is 2. The van der Waals surface area contributed by atoms with Crippen LogP contribution in [0.2, 0.25) is 0 Å². The van der Waals surface area contributed by atoms with Gasteiger partial charge in [0.2, 0.25) is 0 Å². The molecule has 0 radical (unpaired) electrons. The molecular formula is C14H29NO4. The van der Waals surface area contributed by atoms with Crippen molar-refractivity contribution in [2.24, 2.45) is 5.92 Å². The standard InChI is InChI=1S/C14H26O4.H3N/c1-2-3-4-6-9-12(14(17)18)10-7-5-8-11-13(15)16;/h12H,2-11H2,1H3,(H,15,16)(H,17,18);1H3. The van der Waals surface area contributed by atoms with Crippen molar-refractivity contribution in [3.63, 3.8) is 0 Å². The topological polar surface area (TPSA) is 110 Å². The number of carboxylic acids is 2. The third kappa shape index (κ3) is 13.1. The summed E-state index contributed by atoms with van der Waals surface area (Å²) in [5, 5.41) is 17.6. The molecule has 0 aliphatic carbocycles. The Morgan fingerprint density at radius 2 is 1.42 bits per heavy atom. The van der Waals surface area contributed by atoms with Crippen molar-refractivity contribution in [3.05, 3.63) is 0 Å². The molecule has 0 aromatic heterocycles. The number of carboxylic acid groups (broad SMARTS) is 2. The van der Waals surface area contributed by atoms with E-state index in [4.69, 9.17) is 10.2 Å². The lowest BCUT2D eigenvalue weighted by Crippen LogP contribution is -2.13. The van der Waals surface area contributed by atoms with E-state index in [0.29, 0.717) is 12.8 Å². The molecule has 0 heterocycles. The van der Waals surface area contributed by atoms with Crippen LogP contribution in [0.3, 0.4) is 0 Å². The molecule has 5 heteroatoms. The molecule has 0 fully saturated rings. The fourth-order valence-electron chi connectivity index (χ4n) is 2.05. The van der Waals surface area contributed by atoms with E-state index in [1.165, 1.54) is 6.42 Å². The van der Waals surface area contributed by atoms with Crippen molar-refractivity contribution in [2.75, 3.05) is 0 Å². The van der Waals surface area contributed by atoms with Gasteiger partial charge in [-0.2, -0.15) is 0 Å². The molecule has 0 aromatic carbocycles. The van der Waals surface area contributed by atoms with E-state index >= 15 is 0 Å².